The zero-order valence-corrected chi connectivity index (χ0v) is 24.3. The number of nitrogens with two attached hydrogens (primary N) is 1. The third kappa shape index (κ3) is 18.7. The fourth-order valence-corrected chi connectivity index (χ4v) is 3.07. The van der Waals surface area contributed by atoms with Crippen molar-refractivity contribution >= 4 is 23.3 Å². The highest BCUT2D eigenvalue weighted by Gasteiger charge is 2.31. The van der Waals surface area contributed by atoms with Crippen LogP contribution in [-0.2, 0) is 40.9 Å². The van der Waals surface area contributed by atoms with E-state index < -0.39 is 47.9 Å². The Morgan fingerprint density at radius 2 is 1.16 bits per heavy atom. The van der Waals surface area contributed by atoms with Crippen molar-refractivity contribution in [3.8, 4) is 0 Å². The van der Waals surface area contributed by atoms with Crippen LogP contribution in [0.25, 0.3) is 0 Å². The van der Waals surface area contributed by atoms with E-state index in [-0.39, 0.29) is 24.2 Å². The van der Waals surface area contributed by atoms with Crippen LogP contribution in [0.5, 0.6) is 0 Å². The van der Waals surface area contributed by atoms with Crippen molar-refractivity contribution in [1.82, 2.24) is 0 Å². The number of rotatable bonds is 13. The number of carboxylic acids is 1. The molecule has 0 aromatic heterocycles. The number of alkyl halides is 6. The molecule has 15 heteroatoms. The Bertz CT molecular complexity index is 1070. The molecule has 0 atom stereocenters. The number of ether oxygens (including phenoxy) is 4. The molecule has 2 rings (SSSR count). The number of carbonyl (C=O) groups is 2. The standard InChI is InChI=1S/C14H18F3NO3.C7H6F3N.C7H14O4/c1-3-20-13(21-4-2)9-12(19)18-11-7-5-6-10(8-11)14(15,16)17;8-7(9,10)5-2-1-3-6(11)4-5;1-3-10-7(11-4-2)5-6(8)9/h5-8,13H,3-4,9H2,1-2H3,(H,18,19);1-4H,11H2;7H,3-5H2,1-2H3,(H,8,9). The van der Waals surface area contributed by atoms with E-state index in [0.717, 1.165) is 24.3 Å². The Morgan fingerprint density at radius 3 is 1.53 bits per heavy atom. The fraction of sp³-hybridized carbons (Fsp3) is 0.500. The van der Waals surface area contributed by atoms with Crippen molar-refractivity contribution in [2.75, 3.05) is 37.5 Å². The maximum Gasteiger partial charge on any atom is 0.416 e. The molecule has 43 heavy (non-hydrogen) atoms. The van der Waals surface area contributed by atoms with Crippen molar-refractivity contribution in [3.63, 3.8) is 0 Å². The Labute approximate surface area is 246 Å². The summed E-state index contributed by atoms with van der Waals surface area (Å²) in [7, 11) is 0. The van der Waals surface area contributed by atoms with Gasteiger partial charge in [-0.05, 0) is 64.1 Å². The topological polar surface area (TPSA) is 129 Å². The third-order valence-electron chi connectivity index (χ3n) is 4.79. The van der Waals surface area contributed by atoms with Gasteiger partial charge in [0.15, 0.2) is 12.6 Å². The molecule has 9 nitrogen and oxygen atoms in total. The molecule has 244 valence electrons. The number of carboxylic acid groups (broad SMARTS) is 1. The smallest absolute Gasteiger partial charge is 0.416 e. The molecular weight excluding hydrogens is 590 g/mol. The first-order chi connectivity index (χ1) is 20.1. The molecule has 1 amide bonds. The van der Waals surface area contributed by atoms with Crippen LogP contribution < -0.4 is 11.1 Å². The Balaban J connectivity index is 0.000000677. The van der Waals surface area contributed by atoms with Crippen LogP contribution >= 0.6 is 0 Å². The number of nitrogen functional groups attached to an aromatic ring is 1. The average Bonchev–Trinajstić information content (AvgIpc) is 2.89. The molecule has 0 unspecified atom stereocenters. The SMILES string of the molecule is CCOC(CC(=O)Nc1cccc(C(F)(F)F)c1)OCC.CCOC(CC(=O)O)OCC.Nc1cccc(C(F)(F)F)c1. The van der Waals surface area contributed by atoms with Crippen LogP contribution in [0.15, 0.2) is 48.5 Å². The average molecular weight is 629 g/mol. The minimum Gasteiger partial charge on any atom is -0.481 e. The van der Waals surface area contributed by atoms with Crippen LogP contribution in [0, 0.1) is 0 Å². The van der Waals surface area contributed by atoms with E-state index in [4.69, 9.17) is 29.8 Å². The number of anilines is 2. The molecule has 0 saturated heterocycles. The summed E-state index contributed by atoms with van der Waals surface area (Å²) in [6.07, 6.45) is -10.2. The molecule has 0 bridgehead atoms. The second kappa shape index (κ2) is 20.5. The number of halogens is 6. The number of carbonyl (C=O) groups excluding carboxylic acids is 1. The van der Waals surface area contributed by atoms with Crippen molar-refractivity contribution in [2.24, 2.45) is 0 Å². The number of benzene rings is 2. The lowest BCUT2D eigenvalue weighted by molar-refractivity contribution is -0.164. The van der Waals surface area contributed by atoms with E-state index >= 15 is 0 Å². The number of amides is 1. The third-order valence-corrected chi connectivity index (χ3v) is 4.79. The Kier molecular flexibility index (Phi) is 18.9. The van der Waals surface area contributed by atoms with Crippen LogP contribution in [-0.4, -0.2) is 56.0 Å². The first kappa shape index (κ1) is 39.6. The van der Waals surface area contributed by atoms with Crippen LogP contribution in [0.2, 0.25) is 0 Å². The van der Waals surface area contributed by atoms with Crippen LogP contribution in [0.1, 0.15) is 51.7 Å². The Morgan fingerprint density at radius 1 is 0.744 bits per heavy atom. The summed E-state index contributed by atoms with van der Waals surface area (Å²) < 4.78 is 93.8. The van der Waals surface area contributed by atoms with Gasteiger partial charge in [-0.1, -0.05) is 12.1 Å². The largest absolute Gasteiger partial charge is 0.481 e. The number of aliphatic carboxylic acids is 1. The summed E-state index contributed by atoms with van der Waals surface area (Å²) >= 11 is 0. The number of hydrogen-bond acceptors (Lipinski definition) is 7. The first-order valence-corrected chi connectivity index (χ1v) is 13.1. The summed E-state index contributed by atoms with van der Waals surface area (Å²) in [5.41, 5.74) is 3.84. The van der Waals surface area contributed by atoms with E-state index in [1.54, 1.807) is 27.7 Å². The molecule has 0 fully saturated rings. The molecule has 0 saturated carbocycles. The summed E-state index contributed by atoms with van der Waals surface area (Å²) in [6, 6.07) is 9.03. The molecule has 2 aromatic carbocycles. The molecule has 0 aliphatic rings. The van der Waals surface area contributed by atoms with E-state index in [2.05, 4.69) is 5.32 Å². The summed E-state index contributed by atoms with van der Waals surface area (Å²) in [5.74, 6) is -1.38. The molecule has 0 aliphatic heterocycles. The van der Waals surface area contributed by atoms with Crippen molar-refractivity contribution in [3.05, 3.63) is 59.7 Å². The highest BCUT2D eigenvalue weighted by molar-refractivity contribution is 5.91. The molecule has 2 aromatic rings. The molecular formula is C28H38F6N2O7. The van der Waals surface area contributed by atoms with Gasteiger partial charge in [-0.2, -0.15) is 26.3 Å². The minimum atomic E-state index is -4.44. The normalized spacial score (nSPS) is 11.3. The summed E-state index contributed by atoms with van der Waals surface area (Å²) in [6.45, 7) is 8.81. The highest BCUT2D eigenvalue weighted by Crippen LogP contribution is 2.31. The van der Waals surface area contributed by atoms with Gasteiger partial charge in [0.05, 0.1) is 24.0 Å². The lowest BCUT2D eigenvalue weighted by atomic mass is 10.2. The minimum absolute atomic E-state index is 0.0848. The lowest BCUT2D eigenvalue weighted by Gasteiger charge is -2.16. The molecule has 0 radical (unpaired) electrons. The van der Waals surface area contributed by atoms with Crippen molar-refractivity contribution in [2.45, 2.75) is 65.5 Å². The second-order valence-electron chi connectivity index (χ2n) is 8.23. The van der Waals surface area contributed by atoms with Gasteiger partial charge < -0.3 is 35.1 Å². The zero-order chi connectivity index (χ0) is 33.1. The van der Waals surface area contributed by atoms with Gasteiger partial charge in [0.1, 0.15) is 0 Å². The Hall–Kier alpha value is -3.40. The van der Waals surface area contributed by atoms with E-state index in [1.165, 1.54) is 24.3 Å². The van der Waals surface area contributed by atoms with Gasteiger partial charge in [0.25, 0.3) is 0 Å². The first-order valence-electron chi connectivity index (χ1n) is 13.1. The van der Waals surface area contributed by atoms with Gasteiger partial charge in [0, 0.05) is 37.8 Å². The van der Waals surface area contributed by atoms with Gasteiger partial charge in [0.2, 0.25) is 5.91 Å². The molecule has 0 spiro atoms. The van der Waals surface area contributed by atoms with Crippen molar-refractivity contribution < 1.29 is 60.0 Å². The van der Waals surface area contributed by atoms with E-state index in [0.29, 0.717) is 26.4 Å². The maximum atomic E-state index is 12.6. The predicted molar refractivity (Wildman–Crippen MR) is 147 cm³/mol. The lowest BCUT2D eigenvalue weighted by Crippen LogP contribution is -2.25. The van der Waals surface area contributed by atoms with E-state index in [9.17, 15) is 35.9 Å². The molecule has 0 aliphatic carbocycles. The van der Waals surface area contributed by atoms with Gasteiger partial charge in [-0.3, -0.25) is 9.59 Å². The highest BCUT2D eigenvalue weighted by atomic mass is 19.4. The summed E-state index contributed by atoms with van der Waals surface area (Å²) in [4.78, 5) is 22.0. The van der Waals surface area contributed by atoms with Gasteiger partial charge in [-0.15, -0.1) is 0 Å². The predicted octanol–water partition coefficient (Wildman–Crippen LogP) is 6.58. The summed E-state index contributed by atoms with van der Waals surface area (Å²) in [5, 5.41) is 10.8. The molecule has 4 N–H and O–H groups in total. The monoisotopic (exact) mass is 628 g/mol. The number of nitrogens with one attached hydrogen (secondary N) is 1. The number of hydrogen-bond donors (Lipinski definition) is 3. The van der Waals surface area contributed by atoms with Gasteiger partial charge in [-0.25, -0.2) is 0 Å². The van der Waals surface area contributed by atoms with Crippen LogP contribution in [0.3, 0.4) is 0 Å². The molecule has 0 heterocycles. The fourth-order valence-electron chi connectivity index (χ4n) is 3.07. The quantitative estimate of drug-likeness (QED) is 0.129. The van der Waals surface area contributed by atoms with Gasteiger partial charge >= 0.3 is 18.3 Å². The van der Waals surface area contributed by atoms with Crippen LogP contribution in [0.4, 0.5) is 37.7 Å². The second-order valence-corrected chi connectivity index (χ2v) is 8.23. The zero-order valence-electron chi connectivity index (χ0n) is 24.3. The van der Waals surface area contributed by atoms with E-state index in [1.807, 2.05) is 0 Å². The maximum absolute atomic E-state index is 12.6. The van der Waals surface area contributed by atoms with Crippen molar-refractivity contribution in [1.29, 1.82) is 0 Å².